The molecular formula is C24H17N3O6S. The summed E-state index contributed by atoms with van der Waals surface area (Å²) >= 11 is 0. The molecule has 0 aliphatic rings. The Bertz CT molecular complexity index is 1520. The van der Waals surface area contributed by atoms with Crippen LogP contribution in [0.25, 0.3) is 10.8 Å². The monoisotopic (exact) mass is 475 g/mol. The van der Waals surface area contributed by atoms with Gasteiger partial charge in [-0.15, -0.1) is 0 Å². The van der Waals surface area contributed by atoms with Gasteiger partial charge in [0.25, 0.3) is 15.7 Å². The number of sulfonamides is 1. The van der Waals surface area contributed by atoms with Crippen LogP contribution in [0.5, 0.6) is 5.75 Å². The number of nitrogens with zero attached hydrogens (tertiary/aromatic N) is 2. The Labute approximate surface area is 194 Å². The molecule has 0 unspecified atom stereocenters. The van der Waals surface area contributed by atoms with Crippen LogP contribution in [0.4, 0.5) is 5.69 Å². The van der Waals surface area contributed by atoms with E-state index in [-0.39, 0.29) is 21.9 Å². The lowest BCUT2D eigenvalue weighted by Gasteiger charge is -2.06. The van der Waals surface area contributed by atoms with E-state index in [4.69, 9.17) is 4.74 Å². The third kappa shape index (κ3) is 5.08. The van der Waals surface area contributed by atoms with Crippen LogP contribution < -0.4 is 9.57 Å². The van der Waals surface area contributed by atoms with Crippen LogP contribution in [0.3, 0.4) is 0 Å². The quantitative estimate of drug-likeness (QED) is 0.140. The number of rotatable bonds is 7. The van der Waals surface area contributed by atoms with Crippen LogP contribution >= 0.6 is 0 Å². The fourth-order valence-electron chi connectivity index (χ4n) is 3.15. The number of hydrogen-bond donors (Lipinski definition) is 1. The molecule has 0 aliphatic carbocycles. The molecule has 0 aromatic heterocycles. The minimum absolute atomic E-state index is 0.0839. The van der Waals surface area contributed by atoms with Crippen LogP contribution in [0.2, 0.25) is 0 Å². The van der Waals surface area contributed by atoms with Gasteiger partial charge < -0.3 is 4.74 Å². The predicted octanol–water partition coefficient (Wildman–Crippen LogP) is 4.28. The minimum atomic E-state index is -3.86. The molecule has 0 fully saturated rings. The Balaban J connectivity index is 1.41. The van der Waals surface area contributed by atoms with Crippen molar-refractivity contribution >= 4 is 38.7 Å². The van der Waals surface area contributed by atoms with E-state index in [2.05, 4.69) is 9.93 Å². The van der Waals surface area contributed by atoms with Crippen LogP contribution in [-0.2, 0) is 10.0 Å². The van der Waals surface area contributed by atoms with Crippen molar-refractivity contribution in [3.8, 4) is 5.75 Å². The van der Waals surface area contributed by atoms with Crippen LogP contribution in [0.1, 0.15) is 15.9 Å². The maximum absolute atomic E-state index is 12.5. The lowest BCUT2D eigenvalue weighted by molar-refractivity contribution is -0.385. The zero-order valence-corrected chi connectivity index (χ0v) is 18.3. The molecule has 4 rings (SSSR count). The second-order valence-electron chi connectivity index (χ2n) is 7.09. The van der Waals surface area contributed by atoms with E-state index in [1.54, 1.807) is 24.3 Å². The Hall–Kier alpha value is -4.57. The molecular weight excluding hydrogens is 458 g/mol. The molecule has 0 aliphatic heterocycles. The van der Waals surface area contributed by atoms with Gasteiger partial charge in [-0.25, -0.2) is 9.63 Å². The maximum Gasteiger partial charge on any atom is 0.350 e. The number of hydrogen-bond acceptors (Lipinski definition) is 7. The third-order valence-electron chi connectivity index (χ3n) is 4.83. The molecule has 0 atom stereocenters. The molecule has 0 amide bonds. The van der Waals surface area contributed by atoms with Crippen LogP contribution in [0, 0.1) is 10.1 Å². The number of fused-ring (bicyclic) bond motifs is 1. The minimum Gasteiger partial charge on any atom is -0.423 e. The summed E-state index contributed by atoms with van der Waals surface area (Å²) in [6.07, 6.45) is 1.30. The van der Waals surface area contributed by atoms with E-state index in [1.807, 2.05) is 24.3 Å². The number of nitro groups is 1. The molecule has 4 aromatic rings. The van der Waals surface area contributed by atoms with E-state index in [0.29, 0.717) is 5.56 Å². The number of hydrazone groups is 1. The molecule has 4 aromatic carbocycles. The van der Waals surface area contributed by atoms with Crippen LogP contribution in [0.15, 0.2) is 101 Å². The van der Waals surface area contributed by atoms with Gasteiger partial charge in [-0.3, -0.25) is 10.1 Å². The zero-order chi connectivity index (χ0) is 24.1. The Morgan fingerprint density at radius 1 is 0.912 bits per heavy atom. The second-order valence-corrected chi connectivity index (χ2v) is 8.76. The van der Waals surface area contributed by atoms with Gasteiger partial charge in [0, 0.05) is 6.07 Å². The average molecular weight is 475 g/mol. The van der Waals surface area contributed by atoms with Gasteiger partial charge in [-0.05, 0) is 58.8 Å². The van der Waals surface area contributed by atoms with Crippen molar-refractivity contribution < 1.29 is 22.9 Å². The number of carbonyl (C=O) groups excluding carboxylic acids is 1. The summed E-state index contributed by atoms with van der Waals surface area (Å²) in [7, 11) is -3.86. The summed E-state index contributed by atoms with van der Waals surface area (Å²) in [6.45, 7) is 0. The molecule has 0 bridgehead atoms. The standard InChI is InChI=1S/C24H17N3O6S/c28-24(22-7-3-4-8-23(22)27(29)30)33-20-12-9-17(10-13-20)16-25-26-34(31,32)21-14-11-18-5-1-2-6-19(18)15-21/h1-16,26H/b25-16-. The van der Waals surface area contributed by atoms with Gasteiger partial charge in [0.1, 0.15) is 11.3 Å². The summed E-state index contributed by atoms with van der Waals surface area (Å²) in [5.41, 5.74) is 0.0166. The molecule has 0 radical (unpaired) electrons. The number of esters is 1. The lowest BCUT2D eigenvalue weighted by Crippen LogP contribution is -2.18. The number of nitrogens with one attached hydrogen (secondary N) is 1. The number of para-hydroxylation sites is 1. The smallest absolute Gasteiger partial charge is 0.350 e. The molecule has 9 nitrogen and oxygen atoms in total. The fraction of sp³-hybridized carbons (Fsp3) is 0. The highest BCUT2D eigenvalue weighted by Crippen LogP contribution is 2.21. The highest BCUT2D eigenvalue weighted by Gasteiger charge is 2.21. The third-order valence-corrected chi connectivity index (χ3v) is 6.05. The summed E-state index contributed by atoms with van der Waals surface area (Å²) < 4.78 is 30.2. The summed E-state index contributed by atoms with van der Waals surface area (Å²) in [5.74, 6) is -0.700. The normalized spacial score (nSPS) is 11.4. The fourth-order valence-corrected chi connectivity index (χ4v) is 3.97. The van der Waals surface area contributed by atoms with Crippen molar-refractivity contribution in [3.63, 3.8) is 0 Å². The van der Waals surface area contributed by atoms with Crippen molar-refractivity contribution in [2.45, 2.75) is 4.90 Å². The first-order valence-corrected chi connectivity index (χ1v) is 11.4. The first-order valence-electron chi connectivity index (χ1n) is 9.93. The van der Waals surface area contributed by atoms with Crippen molar-refractivity contribution in [1.82, 2.24) is 4.83 Å². The van der Waals surface area contributed by atoms with Crippen LogP contribution in [-0.4, -0.2) is 25.5 Å². The van der Waals surface area contributed by atoms with Crippen molar-refractivity contribution in [3.05, 3.63) is 112 Å². The number of carbonyl (C=O) groups is 1. The summed E-state index contributed by atoms with van der Waals surface area (Å²) in [6, 6.07) is 23.7. The topological polar surface area (TPSA) is 128 Å². The number of nitro benzene ring substituents is 1. The number of ether oxygens (including phenoxy) is 1. The van der Waals surface area contributed by atoms with Gasteiger partial charge in [-0.1, -0.05) is 42.5 Å². The second kappa shape index (κ2) is 9.51. The Morgan fingerprint density at radius 2 is 1.59 bits per heavy atom. The molecule has 0 saturated heterocycles. The SMILES string of the molecule is O=C(Oc1ccc(/C=N\NS(=O)(=O)c2ccc3ccccc3c2)cc1)c1ccccc1[N+](=O)[O-]. The van der Waals surface area contributed by atoms with Gasteiger partial charge in [0.05, 0.1) is 16.0 Å². The highest BCUT2D eigenvalue weighted by molar-refractivity contribution is 7.89. The molecule has 10 heteroatoms. The van der Waals surface area contributed by atoms with E-state index in [0.717, 1.165) is 10.8 Å². The van der Waals surface area contributed by atoms with E-state index in [1.165, 1.54) is 48.7 Å². The molecule has 0 heterocycles. The summed E-state index contributed by atoms with van der Waals surface area (Å²) in [5, 5.41) is 16.6. The Morgan fingerprint density at radius 3 is 2.32 bits per heavy atom. The van der Waals surface area contributed by atoms with Gasteiger partial charge in [0.15, 0.2) is 0 Å². The predicted molar refractivity (Wildman–Crippen MR) is 126 cm³/mol. The molecule has 1 N–H and O–H groups in total. The van der Waals surface area contributed by atoms with E-state index < -0.39 is 20.9 Å². The van der Waals surface area contributed by atoms with E-state index >= 15 is 0 Å². The maximum atomic E-state index is 12.5. The lowest BCUT2D eigenvalue weighted by atomic mass is 10.1. The largest absolute Gasteiger partial charge is 0.423 e. The molecule has 34 heavy (non-hydrogen) atoms. The van der Waals surface area contributed by atoms with E-state index in [9.17, 15) is 23.3 Å². The molecule has 0 saturated carbocycles. The molecule has 0 spiro atoms. The van der Waals surface area contributed by atoms with Gasteiger partial charge in [-0.2, -0.15) is 13.5 Å². The van der Waals surface area contributed by atoms with Crippen molar-refractivity contribution in [2.75, 3.05) is 0 Å². The van der Waals surface area contributed by atoms with Gasteiger partial charge in [0.2, 0.25) is 0 Å². The first-order chi connectivity index (χ1) is 16.3. The first kappa shape index (κ1) is 22.6. The van der Waals surface area contributed by atoms with Crippen molar-refractivity contribution in [1.29, 1.82) is 0 Å². The number of benzene rings is 4. The summed E-state index contributed by atoms with van der Waals surface area (Å²) in [4.78, 5) is 25.0. The molecule has 170 valence electrons. The van der Waals surface area contributed by atoms with Gasteiger partial charge >= 0.3 is 5.97 Å². The van der Waals surface area contributed by atoms with Crippen molar-refractivity contribution in [2.24, 2.45) is 5.10 Å². The zero-order valence-electron chi connectivity index (χ0n) is 17.5. The highest BCUT2D eigenvalue weighted by atomic mass is 32.2. The Kier molecular flexibility index (Phi) is 6.33. The average Bonchev–Trinajstić information content (AvgIpc) is 2.84.